The van der Waals surface area contributed by atoms with E-state index in [1.54, 1.807) is 17.0 Å². The van der Waals surface area contributed by atoms with Gasteiger partial charge in [0, 0.05) is 16.6 Å². The maximum Gasteiger partial charge on any atom is 0.242 e. The average Bonchev–Trinajstić information content (AvgIpc) is 2.26. The number of hydrogen-bond acceptors (Lipinski definition) is 2. The summed E-state index contributed by atoms with van der Waals surface area (Å²) < 4.78 is 0. The zero-order valence-electron chi connectivity index (χ0n) is 8.78. The van der Waals surface area contributed by atoms with Gasteiger partial charge in [-0.2, -0.15) is 0 Å². The second-order valence-electron chi connectivity index (χ2n) is 3.76. The van der Waals surface area contributed by atoms with E-state index in [0.717, 1.165) is 5.56 Å². The summed E-state index contributed by atoms with van der Waals surface area (Å²) in [5.74, 6) is -0.0292. The molecule has 0 saturated carbocycles. The lowest BCUT2D eigenvalue weighted by Gasteiger charge is -2.45. The van der Waals surface area contributed by atoms with E-state index in [4.69, 9.17) is 28.9 Å². The molecule has 2 unspecified atom stereocenters. The number of amides is 1. The number of carbonyl (C=O) groups is 1. The van der Waals surface area contributed by atoms with Crippen LogP contribution in [0, 0.1) is 0 Å². The number of β-lactam (4-membered cyclic amide) rings is 1. The van der Waals surface area contributed by atoms with Gasteiger partial charge in [-0.1, -0.05) is 29.3 Å². The number of likely N-dealkylation sites (tertiary alicyclic amines) is 1. The van der Waals surface area contributed by atoms with E-state index >= 15 is 0 Å². The maximum absolute atomic E-state index is 11.5. The van der Waals surface area contributed by atoms with Crippen LogP contribution in [0.4, 0.5) is 0 Å². The van der Waals surface area contributed by atoms with Crippen LogP contribution >= 0.6 is 23.2 Å². The van der Waals surface area contributed by atoms with Gasteiger partial charge in [0.1, 0.15) is 6.04 Å². The van der Waals surface area contributed by atoms with Crippen molar-refractivity contribution in [2.45, 2.75) is 19.0 Å². The molecule has 0 aliphatic carbocycles. The molecule has 1 heterocycles. The van der Waals surface area contributed by atoms with E-state index in [-0.39, 0.29) is 11.9 Å². The minimum absolute atomic E-state index is 0.0292. The number of nitrogens with zero attached hydrogens (tertiary/aromatic N) is 1. The van der Waals surface area contributed by atoms with Gasteiger partial charge in [-0.05, 0) is 24.6 Å². The molecule has 16 heavy (non-hydrogen) atoms. The molecule has 1 saturated heterocycles. The Bertz CT molecular complexity index is 436. The first-order chi connectivity index (χ1) is 7.56. The van der Waals surface area contributed by atoms with Crippen molar-refractivity contribution in [1.82, 2.24) is 4.90 Å². The summed E-state index contributed by atoms with van der Waals surface area (Å²) in [6.07, 6.45) is 0. The minimum atomic E-state index is -0.487. The fraction of sp³-hybridized carbons (Fsp3) is 0.364. The lowest BCUT2D eigenvalue weighted by Crippen LogP contribution is -2.62. The quantitative estimate of drug-likeness (QED) is 0.828. The molecule has 2 N–H and O–H groups in total. The van der Waals surface area contributed by atoms with Crippen molar-refractivity contribution in [3.8, 4) is 0 Å². The topological polar surface area (TPSA) is 46.3 Å². The lowest BCUT2D eigenvalue weighted by molar-refractivity contribution is -0.149. The molecule has 1 amide bonds. The molecule has 0 spiro atoms. The largest absolute Gasteiger partial charge is 0.332 e. The monoisotopic (exact) mass is 258 g/mol. The molecule has 1 aromatic rings. The first-order valence-electron chi connectivity index (χ1n) is 5.07. The predicted molar refractivity (Wildman–Crippen MR) is 64.6 cm³/mol. The standard InChI is InChI=1S/C11H12Cl2N2O/c1-2-15-10(9(14)11(15)16)7-4-3-6(12)5-8(7)13/h3-5,9-10H,2,14H2,1H3. The summed E-state index contributed by atoms with van der Waals surface area (Å²) in [5, 5.41) is 1.13. The van der Waals surface area contributed by atoms with Crippen molar-refractivity contribution in [2.75, 3.05) is 6.54 Å². The predicted octanol–water partition coefficient (Wildman–Crippen LogP) is 2.22. The Kier molecular flexibility index (Phi) is 3.10. The van der Waals surface area contributed by atoms with Gasteiger partial charge in [-0.3, -0.25) is 4.79 Å². The van der Waals surface area contributed by atoms with Crippen molar-refractivity contribution in [2.24, 2.45) is 5.73 Å². The van der Waals surface area contributed by atoms with Crippen molar-refractivity contribution in [1.29, 1.82) is 0 Å². The first-order valence-corrected chi connectivity index (χ1v) is 5.83. The third-order valence-electron chi connectivity index (χ3n) is 2.87. The number of hydrogen-bond donors (Lipinski definition) is 1. The molecule has 1 aliphatic heterocycles. The number of rotatable bonds is 2. The van der Waals surface area contributed by atoms with Gasteiger partial charge in [0.05, 0.1) is 6.04 Å². The molecule has 3 nitrogen and oxygen atoms in total. The number of nitrogens with two attached hydrogens (primary N) is 1. The van der Waals surface area contributed by atoms with E-state index in [1.165, 1.54) is 0 Å². The maximum atomic E-state index is 11.5. The van der Waals surface area contributed by atoms with Crippen LogP contribution in [-0.4, -0.2) is 23.4 Å². The van der Waals surface area contributed by atoms with Crippen molar-refractivity contribution in [3.05, 3.63) is 33.8 Å². The number of carbonyl (C=O) groups excluding carboxylic acids is 1. The molecule has 0 bridgehead atoms. The molecule has 1 fully saturated rings. The lowest BCUT2D eigenvalue weighted by atomic mass is 9.89. The van der Waals surface area contributed by atoms with Gasteiger partial charge >= 0.3 is 0 Å². The van der Waals surface area contributed by atoms with Gasteiger partial charge in [-0.15, -0.1) is 0 Å². The number of benzene rings is 1. The molecule has 1 aromatic carbocycles. The van der Waals surface area contributed by atoms with E-state index in [2.05, 4.69) is 0 Å². The van der Waals surface area contributed by atoms with E-state index in [0.29, 0.717) is 16.6 Å². The Morgan fingerprint density at radius 2 is 2.12 bits per heavy atom. The van der Waals surface area contributed by atoms with E-state index in [9.17, 15) is 4.79 Å². The Balaban J connectivity index is 2.34. The van der Waals surface area contributed by atoms with Gasteiger partial charge in [0.25, 0.3) is 0 Å². The normalized spacial score (nSPS) is 24.5. The molecule has 2 rings (SSSR count). The fourth-order valence-electron chi connectivity index (χ4n) is 2.03. The van der Waals surface area contributed by atoms with Crippen LogP contribution in [0.5, 0.6) is 0 Å². The molecular formula is C11H12Cl2N2O. The Labute approximate surface area is 104 Å². The summed E-state index contributed by atoms with van der Waals surface area (Å²) >= 11 is 11.9. The zero-order chi connectivity index (χ0) is 11.9. The van der Waals surface area contributed by atoms with Crippen molar-refractivity contribution in [3.63, 3.8) is 0 Å². The molecule has 0 aromatic heterocycles. The summed E-state index contributed by atoms with van der Waals surface area (Å²) in [6, 6.07) is 4.64. The summed E-state index contributed by atoms with van der Waals surface area (Å²) in [7, 11) is 0. The van der Waals surface area contributed by atoms with Gasteiger partial charge < -0.3 is 10.6 Å². The van der Waals surface area contributed by atoms with Crippen LogP contribution in [0.25, 0.3) is 0 Å². The molecular weight excluding hydrogens is 247 g/mol. The first kappa shape index (κ1) is 11.7. The van der Waals surface area contributed by atoms with Crippen LogP contribution in [0.15, 0.2) is 18.2 Å². The van der Waals surface area contributed by atoms with Crippen molar-refractivity contribution < 1.29 is 4.79 Å². The molecule has 2 atom stereocenters. The molecule has 1 aliphatic rings. The Morgan fingerprint density at radius 1 is 1.44 bits per heavy atom. The third kappa shape index (κ3) is 1.69. The van der Waals surface area contributed by atoms with Gasteiger partial charge in [-0.25, -0.2) is 0 Å². The number of halogens is 2. The van der Waals surface area contributed by atoms with Crippen LogP contribution < -0.4 is 5.73 Å². The highest BCUT2D eigenvalue weighted by Crippen LogP contribution is 2.37. The molecule has 0 radical (unpaired) electrons. The SMILES string of the molecule is CCN1C(=O)C(N)C1c1ccc(Cl)cc1Cl. The second-order valence-corrected chi connectivity index (χ2v) is 4.60. The fourth-order valence-corrected chi connectivity index (χ4v) is 2.55. The average molecular weight is 259 g/mol. The van der Waals surface area contributed by atoms with Crippen LogP contribution in [0.2, 0.25) is 10.0 Å². The second kappa shape index (κ2) is 4.24. The third-order valence-corrected chi connectivity index (χ3v) is 3.43. The highest BCUT2D eigenvalue weighted by atomic mass is 35.5. The summed E-state index contributed by atoms with van der Waals surface area (Å²) in [4.78, 5) is 13.2. The highest BCUT2D eigenvalue weighted by molar-refractivity contribution is 6.35. The van der Waals surface area contributed by atoms with E-state index in [1.807, 2.05) is 13.0 Å². The van der Waals surface area contributed by atoms with E-state index < -0.39 is 6.04 Å². The summed E-state index contributed by atoms with van der Waals surface area (Å²) in [5.41, 5.74) is 6.65. The molecule has 86 valence electrons. The Morgan fingerprint density at radius 3 is 2.69 bits per heavy atom. The van der Waals surface area contributed by atoms with Crippen molar-refractivity contribution >= 4 is 29.1 Å². The van der Waals surface area contributed by atoms with Crippen LogP contribution in [0.1, 0.15) is 18.5 Å². The molecule has 5 heteroatoms. The summed E-state index contributed by atoms with van der Waals surface area (Å²) in [6.45, 7) is 2.55. The van der Waals surface area contributed by atoms with Crippen LogP contribution in [-0.2, 0) is 4.79 Å². The smallest absolute Gasteiger partial charge is 0.242 e. The van der Waals surface area contributed by atoms with Gasteiger partial charge in [0.2, 0.25) is 5.91 Å². The number of likely N-dealkylation sites (N-methyl/N-ethyl adjacent to an activating group) is 1. The minimum Gasteiger partial charge on any atom is -0.332 e. The Hall–Kier alpha value is -0.770. The highest BCUT2D eigenvalue weighted by Gasteiger charge is 2.45. The zero-order valence-corrected chi connectivity index (χ0v) is 10.3. The van der Waals surface area contributed by atoms with Gasteiger partial charge in [0.15, 0.2) is 0 Å². The van der Waals surface area contributed by atoms with Crippen LogP contribution in [0.3, 0.4) is 0 Å².